The number of nitrogens with zero attached hydrogens (tertiary/aromatic N) is 1. The Morgan fingerprint density at radius 1 is 1.38 bits per heavy atom. The molecule has 2 aliphatic rings. The molecule has 0 aromatic heterocycles. The maximum Gasteiger partial charge on any atom is 0.239 e. The van der Waals surface area contributed by atoms with Crippen LogP contribution in [0.2, 0.25) is 0 Å². The highest BCUT2D eigenvalue weighted by atomic mass is 32.2. The number of likely N-dealkylation sites (tertiary alicyclic amines) is 1. The highest BCUT2D eigenvalue weighted by molar-refractivity contribution is 7.89. The molecule has 1 unspecified atom stereocenters. The second-order valence-electron chi connectivity index (χ2n) is 4.47. The molecule has 0 spiro atoms. The molecule has 92 valence electrons. The van der Waals surface area contributed by atoms with E-state index in [1.54, 1.807) is 4.90 Å². The smallest absolute Gasteiger partial charge is 0.239 e. The van der Waals surface area contributed by atoms with Gasteiger partial charge in [0.15, 0.2) is 0 Å². The minimum atomic E-state index is -3.48. The molecular weight excluding hydrogens is 230 g/mol. The van der Waals surface area contributed by atoms with Gasteiger partial charge in [0.2, 0.25) is 15.9 Å². The second kappa shape index (κ2) is 4.31. The highest BCUT2D eigenvalue weighted by Crippen LogP contribution is 2.22. The third kappa shape index (κ3) is 3.16. The number of nitrogens with one attached hydrogen (secondary N) is 1. The average molecular weight is 247 g/mol. The predicted molar refractivity (Wildman–Crippen MR) is 59.1 cm³/mol. The zero-order valence-corrected chi connectivity index (χ0v) is 9.87. The van der Waals surface area contributed by atoms with Crippen LogP contribution in [0.4, 0.5) is 0 Å². The lowest BCUT2D eigenvalue weighted by Gasteiger charge is -2.16. The molecule has 3 N–H and O–H groups in total. The van der Waals surface area contributed by atoms with Gasteiger partial charge in [0.25, 0.3) is 0 Å². The van der Waals surface area contributed by atoms with Gasteiger partial charge in [-0.15, -0.1) is 0 Å². The van der Waals surface area contributed by atoms with Crippen LogP contribution in [0.3, 0.4) is 0 Å². The summed E-state index contributed by atoms with van der Waals surface area (Å²) in [5.41, 5.74) is 0. The summed E-state index contributed by atoms with van der Waals surface area (Å²) >= 11 is 0. The quantitative estimate of drug-likeness (QED) is 0.627. The van der Waals surface area contributed by atoms with Gasteiger partial charge in [0.1, 0.15) is 0 Å². The molecule has 1 aliphatic carbocycles. The SMILES string of the molecule is NS(=O)(=O)CCN1CCC(NC2CC2)C1=O. The molecule has 1 aliphatic heterocycles. The van der Waals surface area contributed by atoms with Gasteiger partial charge >= 0.3 is 0 Å². The van der Waals surface area contributed by atoms with Gasteiger partial charge < -0.3 is 10.2 Å². The molecule has 16 heavy (non-hydrogen) atoms. The van der Waals surface area contributed by atoms with E-state index in [1.165, 1.54) is 0 Å². The van der Waals surface area contributed by atoms with E-state index in [4.69, 9.17) is 5.14 Å². The lowest BCUT2D eigenvalue weighted by molar-refractivity contribution is -0.129. The summed E-state index contributed by atoms with van der Waals surface area (Å²) in [6, 6.07) is 0.375. The van der Waals surface area contributed by atoms with Gasteiger partial charge in [-0.3, -0.25) is 4.79 Å². The number of rotatable bonds is 5. The van der Waals surface area contributed by atoms with Crippen LogP contribution in [0.25, 0.3) is 0 Å². The first-order valence-corrected chi connectivity index (χ1v) is 7.22. The van der Waals surface area contributed by atoms with E-state index >= 15 is 0 Å². The van der Waals surface area contributed by atoms with Crippen molar-refractivity contribution in [1.82, 2.24) is 10.2 Å². The molecule has 1 saturated carbocycles. The summed E-state index contributed by atoms with van der Waals surface area (Å²) in [7, 11) is -3.48. The summed E-state index contributed by atoms with van der Waals surface area (Å²) in [6.45, 7) is 0.833. The molecule has 1 amide bonds. The minimum Gasteiger partial charge on any atom is -0.340 e. The van der Waals surface area contributed by atoms with Crippen LogP contribution in [-0.4, -0.2) is 50.2 Å². The number of primary sulfonamides is 1. The van der Waals surface area contributed by atoms with Crippen molar-refractivity contribution in [1.29, 1.82) is 0 Å². The van der Waals surface area contributed by atoms with Crippen molar-refractivity contribution in [3.8, 4) is 0 Å². The highest BCUT2D eigenvalue weighted by Gasteiger charge is 2.35. The number of sulfonamides is 1. The van der Waals surface area contributed by atoms with E-state index in [-0.39, 0.29) is 24.2 Å². The summed E-state index contributed by atoms with van der Waals surface area (Å²) in [6.07, 6.45) is 3.04. The number of carbonyl (C=O) groups is 1. The molecule has 0 aromatic carbocycles. The van der Waals surface area contributed by atoms with Crippen LogP contribution in [0, 0.1) is 0 Å². The monoisotopic (exact) mass is 247 g/mol. The normalized spacial score (nSPS) is 26.4. The number of hydrogen-bond donors (Lipinski definition) is 2. The van der Waals surface area contributed by atoms with Crippen molar-refractivity contribution in [2.75, 3.05) is 18.8 Å². The first kappa shape index (κ1) is 11.8. The lowest BCUT2D eigenvalue weighted by Crippen LogP contribution is -2.41. The Balaban J connectivity index is 1.81. The third-order valence-electron chi connectivity index (χ3n) is 2.96. The fourth-order valence-electron chi connectivity index (χ4n) is 1.89. The fraction of sp³-hybridized carbons (Fsp3) is 0.889. The van der Waals surface area contributed by atoms with Crippen LogP contribution in [0.15, 0.2) is 0 Å². The molecule has 0 aromatic rings. The fourth-order valence-corrected chi connectivity index (χ4v) is 2.36. The number of carbonyl (C=O) groups excluding carboxylic acids is 1. The molecule has 2 rings (SSSR count). The Labute approximate surface area is 95.2 Å². The molecule has 7 heteroatoms. The summed E-state index contributed by atoms with van der Waals surface area (Å²) in [4.78, 5) is 13.4. The van der Waals surface area contributed by atoms with E-state index in [9.17, 15) is 13.2 Å². The Bertz CT molecular complexity index is 377. The first-order chi connectivity index (χ1) is 7.46. The van der Waals surface area contributed by atoms with E-state index < -0.39 is 10.0 Å². The Kier molecular flexibility index (Phi) is 3.18. The average Bonchev–Trinajstić information content (AvgIpc) is 2.91. The van der Waals surface area contributed by atoms with Gasteiger partial charge in [-0.25, -0.2) is 13.6 Å². The summed E-state index contributed by atoms with van der Waals surface area (Å²) in [5.74, 6) is -0.148. The Morgan fingerprint density at radius 3 is 2.62 bits per heavy atom. The van der Waals surface area contributed by atoms with Gasteiger partial charge in [-0.05, 0) is 19.3 Å². The number of amides is 1. The van der Waals surface area contributed by atoms with E-state index in [0.717, 1.165) is 19.3 Å². The topological polar surface area (TPSA) is 92.5 Å². The van der Waals surface area contributed by atoms with Crippen molar-refractivity contribution < 1.29 is 13.2 Å². The van der Waals surface area contributed by atoms with Crippen molar-refractivity contribution in [3.05, 3.63) is 0 Å². The Hall–Kier alpha value is -0.660. The number of nitrogens with two attached hydrogens (primary N) is 1. The van der Waals surface area contributed by atoms with E-state index in [1.807, 2.05) is 0 Å². The van der Waals surface area contributed by atoms with Gasteiger partial charge in [0, 0.05) is 19.1 Å². The number of hydrogen-bond acceptors (Lipinski definition) is 4. The third-order valence-corrected chi connectivity index (χ3v) is 3.71. The molecule has 6 nitrogen and oxygen atoms in total. The van der Waals surface area contributed by atoms with Gasteiger partial charge in [-0.1, -0.05) is 0 Å². The molecule has 1 saturated heterocycles. The lowest BCUT2D eigenvalue weighted by atomic mass is 10.2. The van der Waals surface area contributed by atoms with Crippen LogP contribution in [-0.2, 0) is 14.8 Å². The van der Waals surface area contributed by atoms with Gasteiger partial charge in [-0.2, -0.15) is 0 Å². The molecular formula is C9H17N3O3S. The second-order valence-corrected chi connectivity index (χ2v) is 6.21. The minimum absolute atomic E-state index is 0.00977. The maximum atomic E-state index is 11.8. The standard InChI is InChI=1S/C9H17N3O3S/c10-16(14,15)6-5-12-4-3-8(9(12)13)11-7-1-2-7/h7-8,11H,1-6H2,(H2,10,14,15). The molecule has 0 radical (unpaired) electrons. The van der Waals surface area contributed by atoms with Crippen molar-refractivity contribution >= 4 is 15.9 Å². The van der Waals surface area contributed by atoms with Crippen LogP contribution >= 0.6 is 0 Å². The van der Waals surface area contributed by atoms with E-state index in [2.05, 4.69) is 5.32 Å². The van der Waals surface area contributed by atoms with Gasteiger partial charge in [0.05, 0.1) is 11.8 Å². The van der Waals surface area contributed by atoms with Crippen molar-refractivity contribution in [2.45, 2.75) is 31.3 Å². The zero-order chi connectivity index (χ0) is 11.8. The first-order valence-electron chi connectivity index (χ1n) is 5.51. The van der Waals surface area contributed by atoms with Crippen LogP contribution < -0.4 is 10.5 Å². The molecule has 0 bridgehead atoms. The zero-order valence-electron chi connectivity index (χ0n) is 9.05. The Morgan fingerprint density at radius 2 is 2.06 bits per heavy atom. The molecule has 1 heterocycles. The van der Waals surface area contributed by atoms with E-state index in [0.29, 0.717) is 12.6 Å². The van der Waals surface area contributed by atoms with Crippen molar-refractivity contribution in [3.63, 3.8) is 0 Å². The maximum absolute atomic E-state index is 11.8. The van der Waals surface area contributed by atoms with Crippen LogP contribution in [0.5, 0.6) is 0 Å². The largest absolute Gasteiger partial charge is 0.340 e. The van der Waals surface area contributed by atoms with Crippen LogP contribution in [0.1, 0.15) is 19.3 Å². The molecule has 2 fully saturated rings. The summed E-state index contributed by atoms with van der Waals surface area (Å²) < 4.78 is 21.6. The van der Waals surface area contributed by atoms with Crippen molar-refractivity contribution in [2.24, 2.45) is 5.14 Å². The summed E-state index contributed by atoms with van der Waals surface area (Å²) in [5, 5.41) is 8.16. The predicted octanol–water partition coefficient (Wildman–Crippen LogP) is -1.37. The molecule has 1 atom stereocenters.